The average molecular weight is 224 g/mol. The van der Waals surface area contributed by atoms with Crippen LogP contribution in [0.25, 0.3) is 0 Å². The molecule has 0 saturated heterocycles. The van der Waals surface area contributed by atoms with E-state index < -0.39 is 17.4 Å². The second kappa shape index (κ2) is 10.0. The summed E-state index contributed by atoms with van der Waals surface area (Å²) in [7, 11) is 0. The van der Waals surface area contributed by atoms with Gasteiger partial charge >= 0.3 is 11.4 Å². The highest BCUT2D eigenvalue weighted by Crippen LogP contribution is 1.86. The normalized spacial score (nSPS) is 10.5. The first-order valence-electron chi connectivity index (χ1n) is 3.86. The van der Waals surface area contributed by atoms with Crippen LogP contribution in [-0.4, -0.2) is 29.2 Å². The van der Waals surface area contributed by atoms with Crippen LogP contribution in [0.15, 0.2) is 12.7 Å². The number of rotatable bonds is 4. The second-order valence-electron chi connectivity index (χ2n) is 2.17. The van der Waals surface area contributed by atoms with E-state index in [1.54, 1.807) is 6.92 Å². The molecule has 0 rings (SSSR count). The Labute approximate surface area is 87.5 Å². The zero-order valence-electron chi connectivity index (χ0n) is 7.90. The van der Waals surface area contributed by atoms with Crippen molar-refractivity contribution in [1.82, 2.24) is 0 Å². The quantitative estimate of drug-likeness (QED) is 0.555. The first-order chi connectivity index (χ1) is 6.43. The number of carbonyl (C=O) groups excluding carboxylic acids is 1. The van der Waals surface area contributed by atoms with Crippen molar-refractivity contribution in [3.63, 3.8) is 0 Å². The summed E-state index contributed by atoms with van der Waals surface area (Å²) in [4.78, 5) is 19.4. The molecule has 0 spiro atoms. The number of carboxylic acids is 1. The van der Waals surface area contributed by atoms with Gasteiger partial charge in [0.25, 0.3) is 0 Å². The molecule has 1 unspecified atom stereocenters. The van der Waals surface area contributed by atoms with Crippen molar-refractivity contribution in [3.05, 3.63) is 12.7 Å². The Morgan fingerprint density at radius 1 is 1.71 bits per heavy atom. The molecule has 82 valence electrons. The van der Waals surface area contributed by atoms with E-state index in [0.717, 1.165) is 0 Å². The van der Waals surface area contributed by atoms with Crippen molar-refractivity contribution in [2.75, 3.05) is 6.61 Å². The number of hydrogen-bond donors (Lipinski definition) is 2. The maximum atomic E-state index is 9.84. The zero-order chi connectivity index (χ0) is 11.6. The summed E-state index contributed by atoms with van der Waals surface area (Å²) >= 11 is 4.72. The Morgan fingerprint density at radius 3 is 2.29 bits per heavy atom. The Bertz CT molecular complexity index is 196. The van der Waals surface area contributed by atoms with Crippen LogP contribution in [-0.2, 0) is 9.53 Å². The Morgan fingerprint density at radius 2 is 2.21 bits per heavy atom. The molecule has 0 aliphatic carbocycles. The Balaban J connectivity index is 0. The van der Waals surface area contributed by atoms with Crippen molar-refractivity contribution in [3.8, 4) is 0 Å². The zero-order valence-corrected chi connectivity index (χ0v) is 8.66. The van der Waals surface area contributed by atoms with Crippen LogP contribution in [0.3, 0.4) is 0 Å². The summed E-state index contributed by atoms with van der Waals surface area (Å²) in [5, 5.41) is 8.09. The molecule has 3 N–H and O–H groups in total. The summed E-state index contributed by atoms with van der Waals surface area (Å²) in [5.74, 6) is -0.891. The lowest BCUT2D eigenvalue weighted by Crippen LogP contribution is -2.20. The van der Waals surface area contributed by atoms with Gasteiger partial charge in [-0.1, -0.05) is 6.08 Å². The van der Waals surface area contributed by atoms with Crippen LogP contribution in [0.2, 0.25) is 0 Å². The lowest BCUT2D eigenvalue weighted by molar-refractivity contribution is -0.137. The van der Waals surface area contributed by atoms with Crippen molar-refractivity contribution in [2.45, 2.75) is 19.4 Å². The molecule has 0 aromatic carbocycles. The fraction of sp³-hybridized carbons (Fsp3) is 0.500. The molecule has 0 heterocycles. The third-order valence-corrected chi connectivity index (χ3v) is 1.08. The van der Waals surface area contributed by atoms with Gasteiger partial charge in [0.05, 0.1) is 13.0 Å². The SMILES string of the molecule is C=CC(N)CC(=O)O.CCOC(=O)Cl. The van der Waals surface area contributed by atoms with Gasteiger partial charge in [-0.2, -0.15) is 0 Å². The van der Waals surface area contributed by atoms with E-state index in [4.69, 9.17) is 22.4 Å². The molecule has 5 nitrogen and oxygen atoms in total. The number of ether oxygens (including phenoxy) is 1. The van der Waals surface area contributed by atoms with E-state index in [2.05, 4.69) is 11.3 Å². The summed E-state index contributed by atoms with van der Waals surface area (Å²) in [6, 6.07) is -0.410. The molecule has 0 aromatic rings. The molecular weight excluding hydrogens is 210 g/mol. The second-order valence-corrected chi connectivity index (χ2v) is 2.48. The minimum atomic E-state index is -0.891. The Hall–Kier alpha value is -1.07. The molecule has 6 heteroatoms. The molecular formula is C8H14ClNO4. The molecule has 0 amide bonds. The molecule has 1 atom stereocenters. The highest BCUT2D eigenvalue weighted by atomic mass is 35.5. The van der Waals surface area contributed by atoms with Gasteiger partial charge in [-0.25, -0.2) is 4.79 Å². The van der Waals surface area contributed by atoms with Crippen molar-refractivity contribution in [2.24, 2.45) is 5.73 Å². The lowest BCUT2D eigenvalue weighted by Gasteiger charge is -1.97. The van der Waals surface area contributed by atoms with Crippen molar-refractivity contribution >= 4 is 23.0 Å². The lowest BCUT2D eigenvalue weighted by atomic mass is 10.2. The minimum absolute atomic E-state index is 0.0382. The predicted octanol–water partition coefficient (Wildman–Crippen LogP) is 1.36. The average Bonchev–Trinajstić information content (AvgIpc) is 2.03. The number of nitrogens with two attached hydrogens (primary N) is 1. The van der Waals surface area contributed by atoms with E-state index in [0.29, 0.717) is 6.61 Å². The molecule has 0 bridgehead atoms. The van der Waals surface area contributed by atoms with Gasteiger partial charge in [-0.3, -0.25) is 4.79 Å². The van der Waals surface area contributed by atoms with Gasteiger partial charge in [0, 0.05) is 17.6 Å². The van der Waals surface area contributed by atoms with Crippen LogP contribution in [0.5, 0.6) is 0 Å². The van der Waals surface area contributed by atoms with E-state index in [1.807, 2.05) is 0 Å². The van der Waals surface area contributed by atoms with Crippen LogP contribution >= 0.6 is 11.6 Å². The molecule has 0 fully saturated rings. The highest BCUT2D eigenvalue weighted by Gasteiger charge is 2.01. The van der Waals surface area contributed by atoms with Crippen LogP contribution in [0, 0.1) is 0 Å². The summed E-state index contributed by atoms with van der Waals surface area (Å²) in [6.45, 7) is 5.37. The fourth-order valence-corrected chi connectivity index (χ4v) is 0.508. The number of carbonyl (C=O) groups is 2. The van der Waals surface area contributed by atoms with E-state index in [-0.39, 0.29) is 6.42 Å². The summed E-state index contributed by atoms with van der Waals surface area (Å²) < 4.78 is 4.17. The summed E-state index contributed by atoms with van der Waals surface area (Å²) in [5.41, 5.74) is 4.44. The number of carboxylic acid groups (broad SMARTS) is 1. The largest absolute Gasteiger partial charge is 0.481 e. The molecule has 0 aliphatic heterocycles. The number of halogens is 1. The molecule has 0 radical (unpaired) electrons. The Kier molecular flexibility index (Phi) is 11.0. The first kappa shape index (κ1) is 15.4. The molecule has 0 saturated carbocycles. The van der Waals surface area contributed by atoms with Crippen LogP contribution in [0.4, 0.5) is 4.79 Å². The topological polar surface area (TPSA) is 89.6 Å². The third-order valence-electron chi connectivity index (χ3n) is 0.971. The van der Waals surface area contributed by atoms with E-state index >= 15 is 0 Å². The van der Waals surface area contributed by atoms with Gasteiger partial charge in [0.1, 0.15) is 0 Å². The summed E-state index contributed by atoms with van der Waals surface area (Å²) in [6.07, 6.45) is 1.37. The predicted molar refractivity (Wildman–Crippen MR) is 53.3 cm³/mol. The van der Waals surface area contributed by atoms with Gasteiger partial charge in [-0.15, -0.1) is 6.58 Å². The fourth-order valence-electron chi connectivity index (χ4n) is 0.398. The maximum absolute atomic E-state index is 9.84. The van der Waals surface area contributed by atoms with Crippen molar-refractivity contribution < 1.29 is 19.4 Å². The van der Waals surface area contributed by atoms with Gasteiger partial charge < -0.3 is 15.6 Å². The minimum Gasteiger partial charge on any atom is -0.481 e. The van der Waals surface area contributed by atoms with Gasteiger partial charge in [0.15, 0.2) is 0 Å². The maximum Gasteiger partial charge on any atom is 0.403 e. The molecule has 0 aliphatic rings. The number of aliphatic carboxylic acids is 1. The van der Waals surface area contributed by atoms with Crippen LogP contribution in [0.1, 0.15) is 13.3 Å². The van der Waals surface area contributed by atoms with Crippen LogP contribution < -0.4 is 5.73 Å². The van der Waals surface area contributed by atoms with Gasteiger partial charge in [0.2, 0.25) is 0 Å². The third kappa shape index (κ3) is 17.1. The highest BCUT2D eigenvalue weighted by molar-refractivity contribution is 6.61. The van der Waals surface area contributed by atoms with E-state index in [1.165, 1.54) is 6.08 Å². The smallest absolute Gasteiger partial charge is 0.403 e. The van der Waals surface area contributed by atoms with Gasteiger partial charge in [-0.05, 0) is 6.92 Å². The standard InChI is InChI=1S/C5H9NO2.C3H5ClO2/c1-2-4(6)3-5(7)8;1-2-6-3(4)5/h2,4H,1,3,6H2,(H,7,8);2H2,1H3. The molecule has 0 aromatic heterocycles. The van der Waals surface area contributed by atoms with Crippen molar-refractivity contribution in [1.29, 1.82) is 0 Å². The first-order valence-corrected chi connectivity index (χ1v) is 4.24. The monoisotopic (exact) mass is 223 g/mol. The van der Waals surface area contributed by atoms with E-state index in [9.17, 15) is 9.59 Å². The number of hydrogen-bond acceptors (Lipinski definition) is 4. The molecule has 14 heavy (non-hydrogen) atoms.